The highest BCUT2D eigenvalue weighted by Gasteiger charge is 2.06. The summed E-state index contributed by atoms with van der Waals surface area (Å²) >= 11 is 3.16. The van der Waals surface area contributed by atoms with Gasteiger partial charge < -0.3 is 9.64 Å². The Kier molecular flexibility index (Phi) is 5.21. The summed E-state index contributed by atoms with van der Waals surface area (Å²) in [5.41, 5.74) is 0.559. The van der Waals surface area contributed by atoms with Gasteiger partial charge in [-0.3, -0.25) is 0 Å². The smallest absolute Gasteiger partial charge is 0.208 e. The Balaban J connectivity index is 1.80. The van der Waals surface area contributed by atoms with Crippen LogP contribution >= 0.6 is 23.1 Å². The summed E-state index contributed by atoms with van der Waals surface area (Å²) in [4.78, 5) is 1.93. The minimum absolute atomic E-state index is 0.528. The van der Waals surface area contributed by atoms with Crippen molar-refractivity contribution in [1.82, 2.24) is 10.2 Å². The van der Waals surface area contributed by atoms with Crippen LogP contribution in [0.1, 0.15) is 5.56 Å². The van der Waals surface area contributed by atoms with Crippen molar-refractivity contribution in [2.24, 2.45) is 0 Å². The molecule has 20 heavy (non-hydrogen) atoms. The number of nitrogens with zero attached hydrogens (tertiary/aromatic N) is 4. The molecule has 0 saturated heterocycles. The highest BCUT2D eigenvalue weighted by atomic mass is 32.2. The summed E-state index contributed by atoms with van der Waals surface area (Å²) in [6, 6.07) is 9.34. The largest absolute Gasteiger partial charge is 0.491 e. The molecule has 1 aromatic carbocycles. The van der Waals surface area contributed by atoms with Crippen LogP contribution in [0.5, 0.6) is 5.75 Å². The van der Waals surface area contributed by atoms with Crippen LogP contribution in [0.3, 0.4) is 0 Å². The average molecular weight is 306 g/mol. The second-order valence-electron chi connectivity index (χ2n) is 4.05. The van der Waals surface area contributed by atoms with Crippen molar-refractivity contribution in [2.45, 2.75) is 4.34 Å². The van der Waals surface area contributed by atoms with E-state index in [4.69, 9.17) is 10.00 Å². The molecule has 0 radical (unpaired) electrons. The summed E-state index contributed by atoms with van der Waals surface area (Å²) in [6.07, 6.45) is 0. The molecular weight excluding hydrogens is 292 g/mol. The summed E-state index contributed by atoms with van der Waals surface area (Å²) in [6.45, 7) is 0.528. The van der Waals surface area contributed by atoms with E-state index in [9.17, 15) is 0 Å². The first-order chi connectivity index (χ1) is 9.70. The third-order valence-electron chi connectivity index (χ3n) is 2.35. The van der Waals surface area contributed by atoms with Gasteiger partial charge >= 0.3 is 0 Å². The minimum Gasteiger partial charge on any atom is -0.491 e. The summed E-state index contributed by atoms with van der Waals surface area (Å²) in [7, 11) is 3.88. The van der Waals surface area contributed by atoms with Gasteiger partial charge in [-0.25, -0.2) is 0 Å². The predicted octanol–water partition coefficient (Wildman–Crippen LogP) is 2.65. The first kappa shape index (κ1) is 14.6. The lowest BCUT2D eigenvalue weighted by molar-refractivity contribution is 0.343. The summed E-state index contributed by atoms with van der Waals surface area (Å²) in [5.74, 6) is 1.39. The molecule has 2 aromatic rings. The van der Waals surface area contributed by atoms with E-state index in [1.54, 1.807) is 35.2 Å². The molecule has 0 bridgehead atoms. The lowest BCUT2D eigenvalue weighted by Crippen LogP contribution is -2.07. The summed E-state index contributed by atoms with van der Waals surface area (Å²) < 4.78 is 6.53. The van der Waals surface area contributed by atoms with Crippen molar-refractivity contribution in [3.8, 4) is 11.8 Å². The molecule has 0 aliphatic heterocycles. The molecule has 0 amide bonds. The molecule has 1 heterocycles. The van der Waals surface area contributed by atoms with E-state index in [-0.39, 0.29) is 0 Å². The molecule has 0 spiro atoms. The van der Waals surface area contributed by atoms with Gasteiger partial charge in [-0.15, -0.1) is 10.2 Å². The van der Waals surface area contributed by atoms with Crippen LogP contribution in [0.4, 0.5) is 5.13 Å². The monoisotopic (exact) mass is 306 g/mol. The van der Waals surface area contributed by atoms with Gasteiger partial charge in [0, 0.05) is 19.8 Å². The third-order valence-corrected chi connectivity index (χ3v) is 4.54. The zero-order chi connectivity index (χ0) is 14.4. The van der Waals surface area contributed by atoms with Gasteiger partial charge in [-0.1, -0.05) is 35.2 Å². The molecule has 0 fully saturated rings. The van der Waals surface area contributed by atoms with E-state index in [0.717, 1.165) is 15.2 Å². The predicted molar refractivity (Wildman–Crippen MR) is 81.6 cm³/mol. The molecule has 0 aliphatic carbocycles. The number of para-hydroxylation sites is 1. The molecule has 2 rings (SSSR count). The van der Waals surface area contributed by atoms with Gasteiger partial charge in [0.1, 0.15) is 11.8 Å². The van der Waals surface area contributed by atoms with Gasteiger partial charge in [0.15, 0.2) is 4.34 Å². The number of benzene rings is 1. The lowest BCUT2D eigenvalue weighted by Gasteiger charge is -2.06. The van der Waals surface area contributed by atoms with Crippen molar-refractivity contribution >= 4 is 28.2 Å². The van der Waals surface area contributed by atoms with Gasteiger partial charge in [-0.2, -0.15) is 5.26 Å². The van der Waals surface area contributed by atoms with E-state index in [1.165, 1.54) is 0 Å². The van der Waals surface area contributed by atoms with Crippen LogP contribution in [-0.2, 0) is 0 Å². The second-order valence-corrected chi connectivity index (χ2v) is 6.35. The molecule has 0 aliphatic rings. The maximum Gasteiger partial charge on any atom is 0.208 e. The Hall–Kier alpha value is -1.78. The van der Waals surface area contributed by atoms with Gasteiger partial charge in [0.25, 0.3) is 0 Å². The SMILES string of the molecule is CN(C)c1nnc(SCCOc2ccccc2C#N)s1. The van der Waals surface area contributed by atoms with Crippen LogP contribution < -0.4 is 9.64 Å². The zero-order valence-electron chi connectivity index (χ0n) is 11.2. The lowest BCUT2D eigenvalue weighted by atomic mass is 10.2. The first-order valence-electron chi connectivity index (χ1n) is 5.96. The Morgan fingerprint density at radius 3 is 2.85 bits per heavy atom. The molecule has 0 N–H and O–H groups in total. The number of aromatic nitrogens is 2. The van der Waals surface area contributed by atoms with Crippen LogP contribution in [0, 0.1) is 11.3 Å². The molecule has 1 aromatic heterocycles. The van der Waals surface area contributed by atoms with Gasteiger partial charge in [-0.05, 0) is 12.1 Å². The van der Waals surface area contributed by atoms with Gasteiger partial charge in [0.2, 0.25) is 5.13 Å². The van der Waals surface area contributed by atoms with Crippen molar-refractivity contribution in [3.63, 3.8) is 0 Å². The number of rotatable bonds is 6. The molecule has 0 atom stereocenters. The van der Waals surface area contributed by atoms with Crippen LogP contribution in [0.2, 0.25) is 0 Å². The number of hydrogen-bond donors (Lipinski definition) is 0. The van der Waals surface area contributed by atoms with Crippen molar-refractivity contribution in [3.05, 3.63) is 29.8 Å². The second kappa shape index (κ2) is 7.12. The Bertz CT molecular complexity index is 606. The van der Waals surface area contributed by atoms with Gasteiger partial charge in [0.05, 0.1) is 12.2 Å². The van der Waals surface area contributed by atoms with Crippen molar-refractivity contribution in [1.29, 1.82) is 5.26 Å². The van der Waals surface area contributed by atoms with E-state index in [0.29, 0.717) is 17.9 Å². The van der Waals surface area contributed by atoms with E-state index in [2.05, 4.69) is 16.3 Å². The van der Waals surface area contributed by atoms with E-state index >= 15 is 0 Å². The van der Waals surface area contributed by atoms with Crippen LogP contribution in [-0.4, -0.2) is 36.7 Å². The number of anilines is 1. The number of ether oxygens (including phenoxy) is 1. The maximum absolute atomic E-state index is 8.95. The fourth-order valence-corrected chi connectivity index (χ4v) is 3.06. The van der Waals surface area contributed by atoms with Crippen molar-refractivity contribution < 1.29 is 4.74 Å². The Labute approximate surface area is 126 Å². The van der Waals surface area contributed by atoms with Crippen LogP contribution in [0.25, 0.3) is 0 Å². The highest BCUT2D eigenvalue weighted by Crippen LogP contribution is 2.26. The van der Waals surface area contributed by atoms with E-state index < -0.39 is 0 Å². The molecule has 0 unspecified atom stereocenters. The fraction of sp³-hybridized carbons (Fsp3) is 0.308. The Morgan fingerprint density at radius 2 is 2.15 bits per heavy atom. The normalized spacial score (nSPS) is 10.1. The highest BCUT2D eigenvalue weighted by molar-refractivity contribution is 8.01. The number of thioether (sulfide) groups is 1. The molecule has 104 valence electrons. The topological polar surface area (TPSA) is 62.0 Å². The standard InChI is InChI=1S/C13H14N4OS2/c1-17(2)12-15-16-13(20-12)19-8-7-18-11-6-4-3-5-10(11)9-14/h3-6H,7-8H2,1-2H3. The third kappa shape index (κ3) is 3.85. The number of nitriles is 1. The minimum atomic E-state index is 0.528. The quantitative estimate of drug-likeness (QED) is 0.604. The molecule has 5 nitrogen and oxygen atoms in total. The Morgan fingerprint density at radius 1 is 1.35 bits per heavy atom. The molecular formula is C13H14N4OS2. The molecule has 7 heteroatoms. The number of hydrogen-bond acceptors (Lipinski definition) is 7. The van der Waals surface area contributed by atoms with Crippen LogP contribution in [0.15, 0.2) is 28.6 Å². The fourth-order valence-electron chi connectivity index (χ4n) is 1.41. The summed E-state index contributed by atoms with van der Waals surface area (Å²) in [5, 5.41) is 18.0. The average Bonchev–Trinajstić information content (AvgIpc) is 2.93. The maximum atomic E-state index is 8.95. The van der Waals surface area contributed by atoms with E-state index in [1.807, 2.05) is 31.1 Å². The first-order valence-corrected chi connectivity index (χ1v) is 7.76. The molecule has 0 saturated carbocycles. The zero-order valence-corrected chi connectivity index (χ0v) is 12.9. The van der Waals surface area contributed by atoms with Crippen molar-refractivity contribution in [2.75, 3.05) is 31.4 Å².